The summed E-state index contributed by atoms with van der Waals surface area (Å²) in [5, 5.41) is 6.30. The first-order valence-corrected chi connectivity index (χ1v) is 9.63. The molecule has 3 unspecified atom stereocenters. The Hall–Kier alpha value is -1.14. The number of ether oxygens (including phenoxy) is 1. The minimum Gasteiger partial charge on any atom is -0.378 e. The quantitative estimate of drug-likeness (QED) is 0.760. The number of carbonyl (C=O) groups excluding carboxylic acids is 2. The fraction of sp³-hybridized carbons (Fsp3) is 0.889. The molecule has 136 valence electrons. The minimum absolute atomic E-state index is 0.0160. The van der Waals surface area contributed by atoms with Crippen molar-refractivity contribution >= 4 is 11.8 Å². The molecule has 3 rings (SSSR count). The zero-order valence-corrected chi connectivity index (χ0v) is 14.6. The van der Waals surface area contributed by atoms with E-state index >= 15 is 0 Å². The van der Waals surface area contributed by atoms with Gasteiger partial charge in [0.2, 0.25) is 11.8 Å². The molecule has 2 amide bonds. The van der Waals surface area contributed by atoms with Gasteiger partial charge in [-0.2, -0.15) is 0 Å². The molecule has 0 aliphatic carbocycles. The predicted molar refractivity (Wildman–Crippen MR) is 91.5 cm³/mol. The number of amides is 2. The number of nitrogens with one attached hydrogen (secondary N) is 2. The van der Waals surface area contributed by atoms with Crippen molar-refractivity contribution in [2.45, 2.75) is 63.5 Å². The van der Waals surface area contributed by atoms with Gasteiger partial charge >= 0.3 is 0 Å². The highest BCUT2D eigenvalue weighted by atomic mass is 16.5. The zero-order chi connectivity index (χ0) is 16.8. The van der Waals surface area contributed by atoms with E-state index in [4.69, 9.17) is 4.74 Å². The fourth-order valence-electron chi connectivity index (χ4n) is 4.05. The Kier molecular flexibility index (Phi) is 6.49. The molecule has 3 saturated heterocycles. The van der Waals surface area contributed by atoms with Crippen LogP contribution in [0.1, 0.15) is 51.4 Å². The van der Waals surface area contributed by atoms with Crippen LogP contribution in [-0.4, -0.2) is 61.6 Å². The Bertz CT molecular complexity index is 431. The highest BCUT2D eigenvalue weighted by Gasteiger charge is 2.27. The first kappa shape index (κ1) is 17.7. The summed E-state index contributed by atoms with van der Waals surface area (Å²) < 4.78 is 5.60. The van der Waals surface area contributed by atoms with Crippen LogP contribution >= 0.6 is 0 Å². The van der Waals surface area contributed by atoms with Crippen molar-refractivity contribution in [3.05, 3.63) is 0 Å². The Balaban J connectivity index is 1.36. The van der Waals surface area contributed by atoms with Crippen LogP contribution in [0.2, 0.25) is 0 Å². The number of rotatable bonds is 6. The van der Waals surface area contributed by atoms with Crippen molar-refractivity contribution in [2.24, 2.45) is 5.92 Å². The van der Waals surface area contributed by atoms with Crippen LogP contribution in [0.15, 0.2) is 0 Å². The van der Waals surface area contributed by atoms with E-state index in [-0.39, 0.29) is 24.0 Å². The van der Waals surface area contributed by atoms with Crippen LogP contribution in [0.5, 0.6) is 0 Å². The van der Waals surface area contributed by atoms with Crippen molar-refractivity contribution < 1.29 is 14.3 Å². The highest BCUT2D eigenvalue weighted by molar-refractivity contribution is 5.82. The van der Waals surface area contributed by atoms with Gasteiger partial charge in [-0.25, -0.2) is 0 Å². The number of likely N-dealkylation sites (tertiary alicyclic amines) is 1. The number of hydrogen-bond acceptors (Lipinski definition) is 4. The molecule has 0 bridgehead atoms. The summed E-state index contributed by atoms with van der Waals surface area (Å²) in [5.41, 5.74) is 0. The molecule has 6 heteroatoms. The fourth-order valence-corrected chi connectivity index (χ4v) is 4.05. The topological polar surface area (TPSA) is 70.7 Å². The third kappa shape index (κ3) is 4.93. The van der Waals surface area contributed by atoms with Gasteiger partial charge in [-0.3, -0.25) is 9.59 Å². The number of nitrogens with zero attached hydrogens (tertiary/aromatic N) is 1. The largest absolute Gasteiger partial charge is 0.378 e. The lowest BCUT2D eigenvalue weighted by Gasteiger charge is -2.33. The van der Waals surface area contributed by atoms with Crippen LogP contribution in [0.4, 0.5) is 0 Å². The van der Waals surface area contributed by atoms with Gasteiger partial charge in [-0.1, -0.05) is 0 Å². The highest BCUT2D eigenvalue weighted by Crippen LogP contribution is 2.20. The lowest BCUT2D eigenvalue weighted by Crippen LogP contribution is -2.46. The zero-order valence-electron chi connectivity index (χ0n) is 14.6. The lowest BCUT2D eigenvalue weighted by atomic mass is 9.97. The molecule has 3 aliphatic rings. The SMILES string of the molecule is O=C(NCC1CCCN(C(=O)CCC2CCCO2)C1)C1CCCN1. The Labute approximate surface area is 144 Å². The van der Waals surface area contributed by atoms with Crippen molar-refractivity contribution in [3.63, 3.8) is 0 Å². The average Bonchev–Trinajstić information content (AvgIpc) is 3.31. The van der Waals surface area contributed by atoms with Crippen LogP contribution < -0.4 is 10.6 Å². The molecule has 3 heterocycles. The maximum absolute atomic E-state index is 12.4. The van der Waals surface area contributed by atoms with Crippen LogP contribution in [0.3, 0.4) is 0 Å². The number of piperidine rings is 1. The van der Waals surface area contributed by atoms with Gasteiger partial charge in [-0.05, 0) is 57.4 Å². The van der Waals surface area contributed by atoms with E-state index in [0.29, 0.717) is 18.9 Å². The van der Waals surface area contributed by atoms with Crippen molar-refractivity contribution in [1.29, 1.82) is 0 Å². The third-order valence-electron chi connectivity index (χ3n) is 5.52. The summed E-state index contributed by atoms with van der Waals surface area (Å²) in [5.74, 6) is 0.754. The lowest BCUT2D eigenvalue weighted by molar-refractivity contribution is -0.133. The summed E-state index contributed by atoms with van der Waals surface area (Å²) in [6.07, 6.45) is 8.09. The Morgan fingerprint density at radius 1 is 1.17 bits per heavy atom. The number of hydrogen-bond donors (Lipinski definition) is 2. The molecular formula is C18H31N3O3. The molecule has 6 nitrogen and oxygen atoms in total. The van der Waals surface area contributed by atoms with E-state index < -0.39 is 0 Å². The second-order valence-electron chi connectivity index (χ2n) is 7.42. The summed E-state index contributed by atoms with van der Waals surface area (Å²) in [6.45, 7) is 4.11. The van der Waals surface area contributed by atoms with Gasteiger partial charge < -0.3 is 20.3 Å². The molecule has 2 N–H and O–H groups in total. The van der Waals surface area contributed by atoms with Gasteiger partial charge in [0, 0.05) is 32.7 Å². The van der Waals surface area contributed by atoms with Crippen LogP contribution in [0, 0.1) is 5.92 Å². The van der Waals surface area contributed by atoms with Gasteiger partial charge in [0.1, 0.15) is 0 Å². The van der Waals surface area contributed by atoms with Crippen LogP contribution in [-0.2, 0) is 14.3 Å². The molecule has 3 aliphatic heterocycles. The van der Waals surface area contributed by atoms with E-state index in [1.165, 1.54) is 0 Å². The number of carbonyl (C=O) groups is 2. The van der Waals surface area contributed by atoms with Gasteiger partial charge in [0.25, 0.3) is 0 Å². The Morgan fingerprint density at radius 2 is 2.08 bits per heavy atom. The second-order valence-corrected chi connectivity index (χ2v) is 7.42. The van der Waals surface area contributed by atoms with E-state index in [1.54, 1.807) is 0 Å². The smallest absolute Gasteiger partial charge is 0.237 e. The minimum atomic E-state index is -0.0160. The second kappa shape index (κ2) is 8.81. The molecule has 3 fully saturated rings. The summed E-state index contributed by atoms with van der Waals surface area (Å²) in [4.78, 5) is 26.5. The molecule has 0 spiro atoms. The van der Waals surface area contributed by atoms with Gasteiger partial charge in [0.05, 0.1) is 12.1 Å². The van der Waals surface area contributed by atoms with Crippen molar-refractivity contribution in [3.8, 4) is 0 Å². The van der Waals surface area contributed by atoms with E-state index in [0.717, 1.165) is 71.2 Å². The molecule has 3 atom stereocenters. The van der Waals surface area contributed by atoms with E-state index in [9.17, 15) is 9.59 Å². The normalized spacial score (nSPS) is 30.5. The average molecular weight is 337 g/mol. The van der Waals surface area contributed by atoms with E-state index in [1.807, 2.05) is 4.90 Å². The molecule has 24 heavy (non-hydrogen) atoms. The molecule has 0 radical (unpaired) electrons. The maximum Gasteiger partial charge on any atom is 0.237 e. The van der Waals surface area contributed by atoms with Crippen molar-refractivity contribution in [2.75, 3.05) is 32.8 Å². The molecule has 0 aromatic carbocycles. The summed E-state index contributed by atoms with van der Waals surface area (Å²) in [6, 6.07) is -0.0160. The van der Waals surface area contributed by atoms with Crippen molar-refractivity contribution in [1.82, 2.24) is 15.5 Å². The predicted octanol–water partition coefficient (Wildman–Crippen LogP) is 1.05. The standard InChI is InChI=1S/C18H31N3O3/c22-17(8-7-15-5-3-11-24-15)21-10-2-4-14(13-21)12-20-18(23)16-6-1-9-19-16/h14-16,19H,1-13H2,(H,20,23). The maximum atomic E-state index is 12.4. The monoisotopic (exact) mass is 337 g/mol. The molecule has 0 aromatic rings. The molecular weight excluding hydrogens is 306 g/mol. The first-order valence-electron chi connectivity index (χ1n) is 9.63. The van der Waals surface area contributed by atoms with Gasteiger partial charge in [0.15, 0.2) is 0 Å². The molecule has 0 aromatic heterocycles. The summed E-state index contributed by atoms with van der Waals surface area (Å²) in [7, 11) is 0. The Morgan fingerprint density at radius 3 is 2.83 bits per heavy atom. The van der Waals surface area contributed by atoms with Crippen LogP contribution in [0.25, 0.3) is 0 Å². The van der Waals surface area contributed by atoms with E-state index in [2.05, 4.69) is 10.6 Å². The first-order chi connectivity index (χ1) is 11.7. The summed E-state index contributed by atoms with van der Waals surface area (Å²) >= 11 is 0. The molecule has 0 saturated carbocycles. The van der Waals surface area contributed by atoms with Gasteiger partial charge in [-0.15, -0.1) is 0 Å². The third-order valence-corrected chi connectivity index (χ3v) is 5.52.